The van der Waals surface area contributed by atoms with Gasteiger partial charge in [-0.25, -0.2) is 5.43 Å². The summed E-state index contributed by atoms with van der Waals surface area (Å²) < 4.78 is 1.98. The van der Waals surface area contributed by atoms with Gasteiger partial charge in [0, 0.05) is 11.4 Å². The molecule has 1 aromatic heterocycles. The Hall–Kier alpha value is -4.43. The second kappa shape index (κ2) is 11.7. The molecule has 38 heavy (non-hydrogen) atoms. The topological polar surface area (TPSA) is 84.2 Å². The Morgan fingerprint density at radius 3 is 2.34 bits per heavy atom. The molecule has 0 unspecified atom stereocenters. The third kappa shape index (κ3) is 5.92. The third-order valence-electron chi connectivity index (χ3n) is 6.09. The second-order valence-corrected chi connectivity index (χ2v) is 10.1. The van der Waals surface area contributed by atoms with Crippen LogP contribution in [0.2, 0.25) is 0 Å². The summed E-state index contributed by atoms with van der Waals surface area (Å²) in [4.78, 5) is 13.0. The Morgan fingerprint density at radius 2 is 1.58 bits per heavy atom. The highest BCUT2D eigenvalue weighted by Gasteiger charge is 2.21. The number of nitrogens with one attached hydrogen (secondary N) is 2. The minimum absolute atomic E-state index is 0.207. The van der Waals surface area contributed by atoms with Crippen molar-refractivity contribution in [1.82, 2.24) is 20.2 Å². The fraction of sp³-hybridized carbons (Fsp3) is 0.133. The first kappa shape index (κ1) is 25.2. The van der Waals surface area contributed by atoms with Crippen LogP contribution in [0.15, 0.2) is 113 Å². The van der Waals surface area contributed by atoms with Crippen LogP contribution in [0.5, 0.6) is 0 Å². The summed E-state index contributed by atoms with van der Waals surface area (Å²) in [6, 6.07) is 34.2. The average Bonchev–Trinajstić information content (AvgIpc) is 3.37. The number of hydrazone groups is 1. The zero-order valence-electron chi connectivity index (χ0n) is 21.2. The lowest BCUT2D eigenvalue weighted by atomic mass is 10.0. The van der Waals surface area contributed by atoms with Crippen LogP contribution < -0.4 is 10.7 Å². The fourth-order valence-corrected chi connectivity index (χ4v) is 4.87. The van der Waals surface area contributed by atoms with E-state index < -0.39 is 5.25 Å². The highest BCUT2D eigenvalue weighted by Crippen LogP contribution is 2.26. The molecule has 5 rings (SSSR count). The van der Waals surface area contributed by atoms with Gasteiger partial charge in [0.2, 0.25) is 0 Å². The van der Waals surface area contributed by atoms with Gasteiger partial charge in [-0.1, -0.05) is 84.6 Å². The molecule has 0 aliphatic heterocycles. The number of thioether (sulfide) groups is 1. The number of hydrogen-bond donors (Lipinski definition) is 2. The maximum atomic E-state index is 13.0. The molecule has 0 saturated heterocycles. The van der Waals surface area contributed by atoms with Crippen LogP contribution in [-0.2, 0) is 11.3 Å². The van der Waals surface area contributed by atoms with Crippen LogP contribution in [-0.4, -0.2) is 31.6 Å². The number of hydrogen-bond acceptors (Lipinski definition) is 6. The highest BCUT2D eigenvalue weighted by molar-refractivity contribution is 8.00. The Morgan fingerprint density at radius 1 is 0.895 bits per heavy atom. The molecule has 1 amide bonds. The zero-order chi connectivity index (χ0) is 26.3. The normalized spacial score (nSPS) is 12.3. The molecule has 5 aromatic rings. The minimum Gasteiger partial charge on any atom is -0.378 e. The smallest absolute Gasteiger partial charge is 0.253 e. The van der Waals surface area contributed by atoms with Gasteiger partial charge in [-0.3, -0.25) is 9.36 Å². The molecular formula is C30H28N6OS. The number of rotatable bonds is 9. The van der Waals surface area contributed by atoms with E-state index in [1.54, 1.807) is 0 Å². The molecule has 0 spiro atoms. The Bertz CT molecular complexity index is 1570. The number of fused-ring (bicyclic) bond motifs is 1. The summed E-state index contributed by atoms with van der Waals surface area (Å²) in [7, 11) is 0. The monoisotopic (exact) mass is 520 g/mol. The van der Waals surface area contributed by atoms with Crippen molar-refractivity contribution in [2.75, 3.05) is 5.32 Å². The molecule has 0 radical (unpaired) electrons. The summed E-state index contributed by atoms with van der Waals surface area (Å²) >= 11 is 1.35. The molecule has 1 atom stereocenters. The van der Waals surface area contributed by atoms with Crippen LogP contribution in [0, 0.1) is 0 Å². The van der Waals surface area contributed by atoms with Gasteiger partial charge < -0.3 is 5.32 Å². The van der Waals surface area contributed by atoms with Gasteiger partial charge in [0.25, 0.3) is 5.91 Å². The summed E-state index contributed by atoms with van der Waals surface area (Å²) in [6.45, 7) is 4.22. The summed E-state index contributed by atoms with van der Waals surface area (Å²) in [5.74, 6) is 0.544. The summed E-state index contributed by atoms with van der Waals surface area (Å²) in [6.07, 6.45) is 0. The van der Waals surface area contributed by atoms with Crippen molar-refractivity contribution < 1.29 is 4.79 Å². The molecule has 1 heterocycles. The van der Waals surface area contributed by atoms with E-state index in [1.807, 2.05) is 97.3 Å². The van der Waals surface area contributed by atoms with Gasteiger partial charge in [-0.2, -0.15) is 5.10 Å². The van der Waals surface area contributed by atoms with Crippen molar-refractivity contribution in [1.29, 1.82) is 0 Å². The predicted molar refractivity (Wildman–Crippen MR) is 155 cm³/mol. The first-order valence-corrected chi connectivity index (χ1v) is 13.2. The van der Waals surface area contributed by atoms with E-state index >= 15 is 0 Å². The van der Waals surface area contributed by atoms with E-state index in [4.69, 9.17) is 0 Å². The van der Waals surface area contributed by atoms with Crippen LogP contribution in [0.25, 0.3) is 16.5 Å². The van der Waals surface area contributed by atoms with Crippen molar-refractivity contribution in [3.63, 3.8) is 0 Å². The highest BCUT2D eigenvalue weighted by atomic mass is 32.2. The molecule has 190 valence electrons. The molecule has 0 aliphatic rings. The SMILES string of the molecule is C/C(=N\NC(=O)[C@@H](C)Sc1nnc(CNc2ccccc2)n1-c1ccccc1)c1ccc2ccccc2c1. The lowest BCUT2D eigenvalue weighted by Gasteiger charge is -2.13. The van der Waals surface area contributed by atoms with E-state index in [0.29, 0.717) is 11.7 Å². The van der Waals surface area contributed by atoms with E-state index in [2.05, 4.69) is 50.3 Å². The van der Waals surface area contributed by atoms with Crippen molar-refractivity contribution in [2.45, 2.75) is 30.8 Å². The van der Waals surface area contributed by atoms with E-state index in [-0.39, 0.29) is 5.91 Å². The average molecular weight is 521 g/mol. The van der Waals surface area contributed by atoms with Crippen LogP contribution >= 0.6 is 11.8 Å². The molecular weight excluding hydrogens is 492 g/mol. The first-order chi connectivity index (χ1) is 18.6. The number of benzene rings is 4. The largest absolute Gasteiger partial charge is 0.378 e. The zero-order valence-corrected chi connectivity index (χ0v) is 22.0. The van der Waals surface area contributed by atoms with Gasteiger partial charge in [0.05, 0.1) is 17.5 Å². The van der Waals surface area contributed by atoms with Crippen LogP contribution in [0.3, 0.4) is 0 Å². The third-order valence-corrected chi connectivity index (χ3v) is 7.13. The quantitative estimate of drug-likeness (QED) is 0.140. The molecule has 0 fully saturated rings. The van der Waals surface area contributed by atoms with Crippen molar-refractivity contribution in [2.24, 2.45) is 5.10 Å². The first-order valence-electron chi connectivity index (χ1n) is 12.4. The summed E-state index contributed by atoms with van der Waals surface area (Å²) in [5, 5.41) is 19.1. The van der Waals surface area contributed by atoms with Crippen molar-refractivity contribution in [3.8, 4) is 5.69 Å². The Balaban J connectivity index is 1.30. The number of carbonyl (C=O) groups excluding carboxylic acids is 1. The van der Waals surface area contributed by atoms with Crippen molar-refractivity contribution in [3.05, 3.63) is 115 Å². The van der Waals surface area contributed by atoms with Crippen LogP contribution in [0.1, 0.15) is 25.2 Å². The van der Waals surface area contributed by atoms with E-state index in [1.165, 1.54) is 17.1 Å². The number of anilines is 1. The predicted octanol–water partition coefficient (Wildman–Crippen LogP) is 6.05. The van der Waals surface area contributed by atoms with Gasteiger partial charge in [-0.05, 0) is 60.5 Å². The molecule has 0 aliphatic carbocycles. The Kier molecular flexibility index (Phi) is 7.80. The number of aromatic nitrogens is 3. The van der Waals surface area contributed by atoms with Gasteiger partial charge in [0.1, 0.15) is 0 Å². The molecule has 0 saturated carbocycles. The van der Waals surface area contributed by atoms with Crippen LogP contribution in [0.4, 0.5) is 5.69 Å². The molecule has 4 aromatic carbocycles. The van der Waals surface area contributed by atoms with Gasteiger partial charge in [-0.15, -0.1) is 10.2 Å². The van der Waals surface area contributed by atoms with E-state index in [9.17, 15) is 4.79 Å². The standard InChI is InChI=1S/C30H28N6OS/c1-21(24-18-17-23-11-9-10-12-25(23)19-24)32-34-29(37)22(2)38-30-35-33-28(20-31-26-13-5-3-6-14-26)36(30)27-15-7-4-8-16-27/h3-19,22,31H,20H2,1-2H3,(H,34,37)/b32-21+/t22-/m1/s1. The number of amides is 1. The number of para-hydroxylation sites is 2. The Labute approximate surface area is 226 Å². The molecule has 7 nitrogen and oxygen atoms in total. The van der Waals surface area contributed by atoms with Crippen molar-refractivity contribution >= 4 is 39.8 Å². The minimum atomic E-state index is -0.440. The molecule has 8 heteroatoms. The number of nitrogens with zero attached hydrogens (tertiary/aromatic N) is 4. The lowest BCUT2D eigenvalue weighted by Crippen LogP contribution is -2.28. The summed E-state index contributed by atoms with van der Waals surface area (Å²) in [5.41, 5.74) is 6.35. The maximum Gasteiger partial charge on any atom is 0.253 e. The lowest BCUT2D eigenvalue weighted by molar-refractivity contribution is -0.120. The van der Waals surface area contributed by atoms with Gasteiger partial charge in [0.15, 0.2) is 11.0 Å². The maximum absolute atomic E-state index is 13.0. The fourth-order valence-electron chi connectivity index (χ4n) is 3.99. The number of carbonyl (C=O) groups is 1. The van der Waals surface area contributed by atoms with E-state index in [0.717, 1.165) is 33.9 Å². The molecule has 2 N–H and O–H groups in total. The second-order valence-electron chi connectivity index (χ2n) is 8.78. The van der Waals surface area contributed by atoms with Gasteiger partial charge >= 0.3 is 0 Å². The molecule has 0 bridgehead atoms.